The molecule has 0 aliphatic rings. The molecule has 0 aliphatic carbocycles. The van der Waals surface area contributed by atoms with E-state index < -0.39 is 6.04 Å². The Morgan fingerprint density at radius 1 is 1.00 bits per heavy atom. The van der Waals surface area contributed by atoms with Crippen LogP contribution in [0.1, 0.15) is 35.6 Å². The summed E-state index contributed by atoms with van der Waals surface area (Å²) < 4.78 is 6.93. The van der Waals surface area contributed by atoms with Gasteiger partial charge in [0, 0.05) is 29.0 Å². The maximum absolute atomic E-state index is 13.6. The number of rotatable bonds is 11. The molecule has 0 heterocycles. The number of benzene rings is 3. The summed E-state index contributed by atoms with van der Waals surface area (Å²) in [5, 5.41) is 3.55. The number of nitrogens with one attached hydrogen (secondary N) is 1. The highest BCUT2D eigenvalue weighted by molar-refractivity contribution is 9.10. The predicted molar refractivity (Wildman–Crippen MR) is 148 cm³/mol. The molecule has 0 unspecified atom stereocenters. The van der Waals surface area contributed by atoms with Gasteiger partial charge in [0.2, 0.25) is 5.91 Å². The molecular formula is C29H32BrClN2O3. The second kappa shape index (κ2) is 13.5. The van der Waals surface area contributed by atoms with E-state index in [2.05, 4.69) is 21.2 Å². The Labute approximate surface area is 226 Å². The zero-order chi connectivity index (χ0) is 26.1. The van der Waals surface area contributed by atoms with Gasteiger partial charge in [-0.15, -0.1) is 0 Å². The lowest BCUT2D eigenvalue weighted by Crippen LogP contribution is -2.51. The van der Waals surface area contributed by atoms with E-state index in [1.165, 1.54) is 0 Å². The van der Waals surface area contributed by atoms with Crippen molar-refractivity contribution >= 4 is 39.3 Å². The maximum Gasteiger partial charge on any atom is 0.261 e. The van der Waals surface area contributed by atoms with Gasteiger partial charge in [-0.1, -0.05) is 76.9 Å². The van der Waals surface area contributed by atoms with Crippen LogP contribution in [-0.4, -0.2) is 35.9 Å². The summed E-state index contributed by atoms with van der Waals surface area (Å²) in [6.07, 6.45) is 1.19. The molecular weight excluding hydrogens is 540 g/mol. The SMILES string of the molecule is CCCNC(=O)[C@H](Cc1ccccc1)N(Cc1cccc(Cl)c1)C(=O)COc1cc(C)c(Br)c(C)c1. The van der Waals surface area contributed by atoms with Crippen LogP contribution in [0.4, 0.5) is 0 Å². The minimum Gasteiger partial charge on any atom is -0.484 e. The topological polar surface area (TPSA) is 58.6 Å². The van der Waals surface area contributed by atoms with Crippen LogP contribution in [-0.2, 0) is 22.6 Å². The highest BCUT2D eigenvalue weighted by atomic mass is 79.9. The van der Waals surface area contributed by atoms with Gasteiger partial charge in [0.25, 0.3) is 5.91 Å². The van der Waals surface area contributed by atoms with Gasteiger partial charge in [0.15, 0.2) is 6.61 Å². The van der Waals surface area contributed by atoms with Crippen molar-refractivity contribution in [3.8, 4) is 5.75 Å². The lowest BCUT2D eigenvalue weighted by atomic mass is 10.0. The molecule has 1 N–H and O–H groups in total. The van der Waals surface area contributed by atoms with Crippen LogP contribution in [0.3, 0.4) is 0 Å². The van der Waals surface area contributed by atoms with E-state index in [4.69, 9.17) is 16.3 Å². The summed E-state index contributed by atoms with van der Waals surface area (Å²) in [5.74, 6) is 0.145. The molecule has 0 fully saturated rings. The molecule has 5 nitrogen and oxygen atoms in total. The molecule has 3 rings (SSSR count). The van der Waals surface area contributed by atoms with Crippen molar-refractivity contribution in [1.82, 2.24) is 10.2 Å². The standard InChI is InChI=1S/C29H32BrClN2O3/c1-4-13-32-29(35)26(17-22-9-6-5-7-10-22)33(18-23-11-8-12-24(31)16-23)27(34)19-36-25-14-20(2)28(30)21(3)15-25/h5-12,14-16,26H,4,13,17-19H2,1-3H3,(H,32,35)/t26-/m0/s1. The van der Waals surface area contributed by atoms with Crippen LogP contribution in [0.2, 0.25) is 5.02 Å². The summed E-state index contributed by atoms with van der Waals surface area (Å²) >= 11 is 9.78. The van der Waals surface area contributed by atoms with Gasteiger partial charge < -0.3 is 15.0 Å². The summed E-state index contributed by atoms with van der Waals surface area (Å²) in [6.45, 7) is 6.54. The zero-order valence-corrected chi connectivity index (χ0v) is 23.2. The molecule has 0 saturated heterocycles. The van der Waals surface area contributed by atoms with Crippen LogP contribution in [0, 0.1) is 13.8 Å². The molecule has 0 aromatic heterocycles. The van der Waals surface area contributed by atoms with Crippen LogP contribution < -0.4 is 10.1 Å². The number of nitrogens with zero attached hydrogens (tertiary/aromatic N) is 1. The Morgan fingerprint density at radius 2 is 1.67 bits per heavy atom. The van der Waals surface area contributed by atoms with Crippen molar-refractivity contribution in [3.05, 3.63) is 98.5 Å². The van der Waals surface area contributed by atoms with Gasteiger partial charge in [0.05, 0.1) is 0 Å². The van der Waals surface area contributed by atoms with Crippen LogP contribution in [0.15, 0.2) is 71.2 Å². The molecule has 190 valence electrons. The van der Waals surface area contributed by atoms with Gasteiger partial charge >= 0.3 is 0 Å². The lowest BCUT2D eigenvalue weighted by molar-refractivity contribution is -0.142. The third kappa shape index (κ3) is 7.84. The van der Waals surface area contributed by atoms with Gasteiger partial charge in [-0.2, -0.15) is 0 Å². The summed E-state index contributed by atoms with van der Waals surface area (Å²) in [7, 11) is 0. The monoisotopic (exact) mass is 570 g/mol. The first-order valence-electron chi connectivity index (χ1n) is 12.0. The van der Waals surface area contributed by atoms with Crippen LogP contribution >= 0.6 is 27.5 Å². The molecule has 3 aromatic rings. The Hall–Kier alpha value is -2.83. The van der Waals surface area contributed by atoms with Crippen LogP contribution in [0.25, 0.3) is 0 Å². The molecule has 36 heavy (non-hydrogen) atoms. The van der Waals surface area contributed by atoms with Crippen molar-refractivity contribution in [2.45, 2.75) is 46.2 Å². The number of halogens is 2. The quantitative estimate of drug-likeness (QED) is 0.295. The Morgan fingerprint density at radius 3 is 2.31 bits per heavy atom. The molecule has 2 amide bonds. The molecule has 3 aromatic carbocycles. The highest BCUT2D eigenvalue weighted by Gasteiger charge is 2.30. The van der Waals surface area contributed by atoms with Gasteiger partial charge in [-0.25, -0.2) is 0 Å². The van der Waals surface area contributed by atoms with E-state index in [0.29, 0.717) is 23.7 Å². The molecule has 0 spiro atoms. The second-order valence-corrected chi connectivity index (χ2v) is 10.0. The number of carbonyl (C=O) groups excluding carboxylic acids is 2. The van der Waals surface area contributed by atoms with E-state index in [0.717, 1.165) is 33.1 Å². The average Bonchev–Trinajstić information content (AvgIpc) is 2.87. The zero-order valence-electron chi connectivity index (χ0n) is 20.9. The second-order valence-electron chi connectivity index (χ2n) is 8.81. The van der Waals surface area contributed by atoms with Crippen molar-refractivity contribution < 1.29 is 14.3 Å². The molecule has 0 radical (unpaired) electrons. The van der Waals surface area contributed by atoms with Gasteiger partial charge in [-0.3, -0.25) is 9.59 Å². The first kappa shape index (κ1) is 27.8. The van der Waals surface area contributed by atoms with Crippen molar-refractivity contribution in [1.29, 1.82) is 0 Å². The Bertz CT molecular complexity index is 1160. The number of aryl methyl sites for hydroxylation is 2. The van der Waals surface area contributed by atoms with E-state index in [1.54, 1.807) is 11.0 Å². The lowest BCUT2D eigenvalue weighted by Gasteiger charge is -2.31. The fourth-order valence-corrected chi connectivity index (χ4v) is 4.41. The fourth-order valence-electron chi connectivity index (χ4n) is 3.97. The first-order valence-corrected chi connectivity index (χ1v) is 13.2. The highest BCUT2D eigenvalue weighted by Crippen LogP contribution is 2.26. The maximum atomic E-state index is 13.6. The van der Waals surface area contributed by atoms with E-state index in [9.17, 15) is 9.59 Å². The summed E-state index contributed by atoms with van der Waals surface area (Å²) in [5.41, 5.74) is 3.86. The van der Waals surface area contributed by atoms with E-state index in [-0.39, 0.29) is 25.0 Å². The Kier molecular flexibility index (Phi) is 10.4. The number of ether oxygens (including phenoxy) is 1. The van der Waals surface area contributed by atoms with E-state index >= 15 is 0 Å². The predicted octanol–water partition coefficient (Wildman–Crippen LogP) is 6.26. The van der Waals surface area contributed by atoms with Crippen molar-refractivity contribution in [2.75, 3.05) is 13.2 Å². The minimum absolute atomic E-state index is 0.187. The number of carbonyl (C=O) groups is 2. The van der Waals surface area contributed by atoms with Gasteiger partial charge in [-0.05, 0) is 66.8 Å². The Balaban J connectivity index is 1.91. The van der Waals surface area contributed by atoms with Crippen molar-refractivity contribution in [3.63, 3.8) is 0 Å². The number of hydrogen-bond acceptors (Lipinski definition) is 3. The summed E-state index contributed by atoms with van der Waals surface area (Å²) in [4.78, 5) is 28.6. The molecule has 7 heteroatoms. The van der Waals surface area contributed by atoms with Crippen molar-refractivity contribution in [2.24, 2.45) is 0 Å². The third-order valence-electron chi connectivity index (χ3n) is 5.83. The molecule has 0 aliphatic heterocycles. The average molecular weight is 572 g/mol. The number of hydrogen-bond donors (Lipinski definition) is 1. The summed E-state index contributed by atoms with van der Waals surface area (Å²) in [6, 6.07) is 20.1. The smallest absolute Gasteiger partial charge is 0.261 e. The first-order chi connectivity index (χ1) is 17.3. The largest absolute Gasteiger partial charge is 0.484 e. The minimum atomic E-state index is -0.706. The molecule has 1 atom stereocenters. The normalized spacial score (nSPS) is 11.6. The fraction of sp³-hybridized carbons (Fsp3) is 0.310. The van der Waals surface area contributed by atoms with Gasteiger partial charge in [0.1, 0.15) is 11.8 Å². The number of amides is 2. The van der Waals surface area contributed by atoms with Crippen LogP contribution in [0.5, 0.6) is 5.75 Å². The third-order valence-corrected chi connectivity index (χ3v) is 7.32. The molecule has 0 saturated carbocycles. The van der Waals surface area contributed by atoms with E-state index in [1.807, 2.05) is 81.4 Å². The molecule has 0 bridgehead atoms.